The molecule has 0 aromatic carbocycles. The molecule has 5 heteroatoms. The number of nitrogens with one attached hydrogen (secondary N) is 1. The van der Waals surface area contributed by atoms with Crippen LogP contribution in [0.3, 0.4) is 0 Å². The maximum absolute atomic E-state index is 11.6. The highest BCUT2D eigenvalue weighted by Gasteiger charge is 2.21. The van der Waals surface area contributed by atoms with Crippen LogP contribution in [0.15, 0.2) is 4.79 Å². The van der Waals surface area contributed by atoms with Gasteiger partial charge in [0, 0.05) is 24.7 Å². The van der Waals surface area contributed by atoms with Crippen LogP contribution in [0.4, 0.5) is 5.95 Å². The molecule has 15 heavy (non-hydrogen) atoms. The van der Waals surface area contributed by atoms with E-state index in [9.17, 15) is 4.79 Å². The molecule has 1 aliphatic heterocycles. The zero-order chi connectivity index (χ0) is 11.0. The van der Waals surface area contributed by atoms with Crippen molar-refractivity contribution in [3.8, 4) is 0 Å². The van der Waals surface area contributed by atoms with Crippen molar-refractivity contribution in [1.82, 2.24) is 14.9 Å². The number of hydrogen-bond acceptors (Lipinski definition) is 4. The molecule has 5 nitrogen and oxygen atoms in total. The fraction of sp³-hybridized carbons (Fsp3) is 0.600. The number of nitrogens with two attached hydrogens (primary N) is 1. The molecule has 0 bridgehead atoms. The summed E-state index contributed by atoms with van der Waals surface area (Å²) in [6, 6.07) is 0.473. The van der Waals surface area contributed by atoms with Gasteiger partial charge in [0.1, 0.15) is 0 Å². The van der Waals surface area contributed by atoms with Crippen molar-refractivity contribution < 1.29 is 0 Å². The Bertz CT molecular complexity index is 424. The zero-order valence-electron chi connectivity index (χ0n) is 9.08. The quantitative estimate of drug-likeness (QED) is 0.687. The number of nitrogens with zero attached hydrogens (tertiary/aromatic N) is 2. The molecule has 0 fully saturated rings. The van der Waals surface area contributed by atoms with Crippen LogP contribution >= 0.6 is 0 Å². The molecule has 0 aliphatic carbocycles. The second-order valence-electron chi connectivity index (χ2n) is 4.19. The highest BCUT2D eigenvalue weighted by atomic mass is 16.1. The van der Waals surface area contributed by atoms with Crippen LogP contribution in [-0.2, 0) is 13.0 Å². The van der Waals surface area contributed by atoms with Crippen molar-refractivity contribution in [2.45, 2.75) is 32.9 Å². The van der Waals surface area contributed by atoms with Gasteiger partial charge in [-0.05, 0) is 20.3 Å². The minimum absolute atomic E-state index is 0.0825. The number of anilines is 1. The SMILES string of the molecule is CC(C)N1CCc2c(nc(N)[nH]c2=O)C1. The van der Waals surface area contributed by atoms with Gasteiger partial charge in [0.05, 0.1) is 5.69 Å². The highest BCUT2D eigenvalue weighted by molar-refractivity contribution is 5.27. The van der Waals surface area contributed by atoms with Gasteiger partial charge in [-0.2, -0.15) is 0 Å². The summed E-state index contributed by atoms with van der Waals surface area (Å²) in [6.45, 7) is 5.92. The average Bonchev–Trinajstić information content (AvgIpc) is 2.16. The monoisotopic (exact) mass is 208 g/mol. The lowest BCUT2D eigenvalue weighted by molar-refractivity contribution is 0.199. The predicted octanol–water partition coefficient (Wildman–Crippen LogP) is 0.119. The van der Waals surface area contributed by atoms with Gasteiger partial charge in [0.25, 0.3) is 5.56 Å². The minimum Gasteiger partial charge on any atom is -0.369 e. The van der Waals surface area contributed by atoms with Gasteiger partial charge in [-0.3, -0.25) is 14.7 Å². The standard InChI is InChI=1S/C10H16N4O/c1-6(2)14-4-3-7-8(5-14)12-10(11)13-9(7)15/h6H,3-5H2,1-2H3,(H3,11,12,13,15). The Hall–Kier alpha value is -1.36. The fourth-order valence-corrected chi connectivity index (χ4v) is 1.92. The zero-order valence-corrected chi connectivity index (χ0v) is 9.08. The molecule has 1 aliphatic rings. The summed E-state index contributed by atoms with van der Waals surface area (Å²) < 4.78 is 0. The Morgan fingerprint density at radius 1 is 1.53 bits per heavy atom. The number of hydrogen-bond donors (Lipinski definition) is 2. The van der Waals surface area contributed by atoms with Crippen LogP contribution in [0.5, 0.6) is 0 Å². The third-order valence-corrected chi connectivity index (χ3v) is 2.85. The summed E-state index contributed by atoms with van der Waals surface area (Å²) in [6.07, 6.45) is 0.760. The molecule has 82 valence electrons. The normalized spacial score (nSPS) is 16.7. The number of nitrogen functional groups attached to an aromatic ring is 1. The van der Waals surface area contributed by atoms with Crippen molar-refractivity contribution in [2.75, 3.05) is 12.3 Å². The molecule has 3 N–H and O–H groups in total. The summed E-state index contributed by atoms with van der Waals surface area (Å²) in [5, 5.41) is 0. The van der Waals surface area contributed by atoms with Gasteiger partial charge < -0.3 is 5.73 Å². The van der Waals surface area contributed by atoms with E-state index in [4.69, 9.17) is 5.73 Å². The van der Waals surface area contributed by atoms with E-state index in [1.165, 1.54) is 0 Å². The fourth-order valence-electron chi connectivity index (χ4n) is 1.92. The molecular weight excluding hydrogens is 192 g/mol. The van der Waals surface area contributed by atoms with Crippen molar-refractivity contribution in [1.29, 1.82) is 0 Å². The van der Waals surface area contributed by atoms with Gasteiger partial charge >= 0.3 is 0 Å². The number of fused-ring (bicyclic) bond motifs is 1. The first-order valence-corrected chi connectivity index (χ1v) is 5.19. The molecule has 0 saturated heterocycles. The van der Waals surface area contributed by atoms with E-state index < -0.39 is 0 Å². The van der Waals surface area contributed by atoms with Gasteiger partial charge in [0.15, 0.2) is 0 Å². The number of rotatable bonds is 1. The van der Waals surface area contributed by atoms with Crippen molar-refractivity contribution >= 4 is 5.95 Å². The molecule has 0 spiro atoms. The lowest BCUT2D eigenvalue weighted by atomic mass is 10.1. The maximum atomic E-state index is 11.6. The van der Waals surface area contributed by atoms with Gasteiger partial charge in [0.2, 0.25) is 5.95 Å². The van der Waals surface area contributed by atoms with E-state index in [1.54, 1.807) is 0 Å². The minimum atomic E-state index is -0.0825. The van der Waals surface area contributed by atoms with E-state index >= 15 is 0 Å². The summed E-state index contributed by atoms with van der Waals surface area (Å²) in [5.41, 5.74) is 7.06. The third-order valence-electron chi connectivity index (χ3n) is 2.85. The molecule has 0 atom stereocenters. The smallest absolute Gasteiger partial charge is 0.255 e. The molecule has 2 rings (SSSR count). The summed E-state index contributed by atoms with van der Waals surface area (Å²) in [7, 11) is 0. The van der Waals surface area contributed by atoms with Crippen LogP contribution < -0.4 is 11.3 Å². The topological polar surface area (TPSA) is 75.0 Å². The predicted molar refractivity (Wildman–Crippen MR) is 58.5 cm³/mol. The van der Waals surface area contributed by atoms with Gasteiger partial charge in [-0.15, -0.1) is 0 Å². The second-order valence-corrected chi connectivity index (χ2v) is 4.19. The number of aromatic amines is 1. The Kier molecular flexibility index (Phi) is 2.48. The Balaban J connectivity index is 2.37. The van der Waals surface area contributed by atoms with Crippen LogP contribution in [0.1, 0.15) is 25.1 Å². The molecule has 1 aromatic heterocycles. The first-order chi connectivity index (χ1) is 7.08. The van der Waals surface area contributed by atoms with Gasteiger partial charge in [-0.25, -0.2) is 4.98 Å². The van der Waals surface area contributed by atoms with Crippen LogP contribution in [0.2, 0.25) is 0 Å². The molecular formula is C10H16N4O. The van der Waals surface area contributed by atoms with E-state index in [1.807, 2.05) is 0 Å². The first kappa shape index (κ1) is 10.2. The Morgan fingerprint density at radius 3 is 2.93 bits per heavy atom. The summed E-state index contributed by atoms with van der Waals surface area (Å²) in [4.78, 5) is 20.6. The largest absolute Gasteiger partial charge is 0.369 e. The molecule has 0 amide bonds. The van der Waals surface area contributed by atoms with E-state index in [0.29, 0.717) is 6.04 Å². The molecule has 1 aromatic rings. The lowest BCUT2D eigenvalue weighted by Gasteiger charge is -2.30. The summed E-state index contributed by atoms with van der Waals surface area (Å²) in [5.74, 6) is 0.212. The highest BCUT2D eigenvalue weighted by Crippen LogP contribution is 2.15. The van der Waals surface area contributed by atoms with Crippen molar-refractivity contribution in [2.24, 2.45) is 0 Å². The lowest BCUT2D eigenvalue weighted by Crippen LogP contribution is -2.39. The summed E-state index contributed by atoms with van der Waals surface area (Å²) >= 11 is 0. The second kappa shape index (κ2) is 3.66. The van der Waals surface area contributed by atoms with Crippen LogP contribution in [0, 0.1) is 0 Å². The van der Waals surface area contributed by atoms with E-state index in [-0.39, 0.29) is 11.5 Å². The number of H-pyrrole nitrogens is 1. The molecule has 0 saturated carbocycles. The third kappa shape index (κ3) is 1.87. The molecule has 0 unspecified atom stereocenters. The van der Waals surface area contributed by atoms with Crippen molar-refractivity contribution in [3.05, 3.63) is 21.6 Å². The van der Waals surface area contributed by atoms with Crippen LogP contribution in [-0.4, -0.2) is 27.5 Å². The average molecular weight is 208 g/mol. The molecule has 2 heterocycles. The van der Waals surface area contributed by atoms with E-state index in [0.717, 1.165) is 30.8 Å². The Morgan fingerprint density at radius 2 is 2.27 bits per heavy atom. The molecule has 0 radical (unpaired) electrons. The van der Waals surface area contributed by atoms with E-state index in [2.05, 4.69) is 28.7 Å². The van der Waals surface area contributed by atoms with Crippen LogP contribution in [0.25, 0.3) is 0 Å². The first-order valence-electron chi connectivity index (χ1n) is 5.19. The number of aromatic nitrogens is 2. The van der Waals surface area contributed by atoms with Crippen molar-refractivity contribution in [3.63, 3.8) is 0 Å². The van der Waals surface area contributed by atoms with Gasteiger partial charge in [-0.1, -0.05) is 0 Å². The Labute approximate surface area is 88.3 Å². The maximum Gasteiger partial charge on any atom is 0.255 e.